The Hall–Kier alpha value is -1.71. The Morgan fingerprint density at radius 1 is 1.04 bits per heavy atom. The van der Waals surface area contributed by atoms with Crippen LogP contribution in [0.1, 0.15) is 54.4 Å². The molecular weight excluding hydrogens is 315 g/mol. The van der Waals surface area contributed by atoms with Gasteiger partial charge in [-0.15, -0.1) is 0 Å². The Labute approximate surface area is 150 Å². The van der Waals surface area contributed by atoms with E-state index < -0.39 is 6.29 Å². The lowest BCUT2D eigenvalue weighted by atomic mass is 9.90. The van der Waals surface area contributed by atoms with Crippen LogP contribution in [-0.4, -0.2) is 18.5 Å². The molecule has 2 rings (SSSR count). The molecular formula is C22H29FO2. The van der Waals surface area contributed by atoms with Crippen molar-refractivity contribution in [2.45, 2.75) is 58.2 Å². The maximum atomic E-state index is 13.8. The highest BCUT2D eigenvalue weighted by atomic mass is 19.1. The second-order valence-electron chi connectivity index (χ2n) is 6.72. The molecule has 2 nitrogen and oxygen atoms in total. The Bertz CT molecular complexity index is 652. The topological polar surface area (TPSA) is 29.5 Å². The lowest BCUT2D eigenvalue weighted by Gasteiger charge is -2.23. The zero-order valence-electron chi connectivity index (χ0n) is 15.5. The van der Waals surface area contributed by atoms with Gasteiger partial charge in [-0.2, -0.15) is 0 Å². The molecule has 1 N–H and O–H groups in total. The lowest BCUT2D eigenvalue weighted by molar-refractivity contribution is -0.0914. The molecule has 0 aliphatic carbocycles. The van der Waals surface area contributed by atoms with Crippen LogP contribution in [0.5, 0.6) is 0 Å². The molecule has 3 heteroatoms. The van der Waals surface area contributed by atoms with Crippen LogP contribution in [0.3, 0.4) is 0 Å². The van der Waals surface area contributed by atoms with E-state index in [1.54, 1.807) is 19.1 Å². The molecule has 0 saturated carbocycles. The van der Waals surface area contributed by atoms with Crippen LogP contribution in [0.25, 0.3) is 0 Å². The van der Waals surface area contributed by atoms with E-state index in [0.29, 0.717) is 12.0 Å². The minimum atomic E-state index is -0.921. The number of ether oxygens (including phenoxy) is 1. The second-order valence-corrected chi connectivity index (χ2v) is 6.72. The zero-order chi connectivity index (χ0) is 18.2. The number of unbranched alkanes of at least 4 members (excludes halogenated alkanes) is 2. The van der Waals surface area contributed by atoms with Gasteiger partial charge >= 0.3 is 0 Å². The molecule has 0 saturated heterocycles. The molecule has 0 aliphatic heterocycles. The van der Waals surface area contributed by atoms with Gasteiger partial charge in [0.1, 0.15) is 5.82 Å². The summed E-state index contributed by atoms with van der Waals surface area (Å²) < 4.78 is 19.0. The number of benzene rings is 2. The molecule has 2 aromatic rings. The number of methoxy groups -OCH3 is 1. The second kappa shape index (κ2) is 9.69. The van der Waals surface area contributed by atoms with Crippen LogP contribution in [0.15, 0.2) is 42.5 Å². The van der Waals surface area contributed by atoms with E-state index in [-0.39, 0.29) is 11.7 Å². The molecule has 25 heavy (non-hydrogen) atoms. The van der Waals surface area contributed by atoms with Crippen molar-refractivity contribution >= 4 is 0 Å². The minimum absolute atomic E-state index is 0.213. The first-order valence-electron chi connectivity index (χ1n) is 9.10. The normalized spacial score (nSPS) is 13.6. The Morgan fingerprint density at radius 2 is 1.72 bits per heavy atom. The summed E-state index contributed by atoms with van der Waals surface area (Å²) in [6.07, 6.45) is 4.34. The van der Waals surface area contributed by atoms with E-state index in [2.05, 4.69) is 31.2 Å². The average Bonchev–Trinajstić information content (AvgIpc) is 2.63. The summed E-state index contributed by atoms with van der Waals surface area (Å²) in [5.74, 6) is -0.439. The number of aliphatic hydroxyl groups excluding tert-OH is 1. The molecule has 0 amide bonds. The third kappa shape index (κ3) is 5.65. The number of hydrogen-bond acceptors (Lipinski definition) is 2. The summed E-state index contributed by atoms with van der Waals surface area (Å²) in [7, 11) is 1.49. The fourth-order valence-corrected chi connectivity index (χ4v) is 3.08. The summed E-state index contributed by atoms with van der Waals surface area (Å²) >= 11 is 0. The first-order chi connectivity index (χ1) is 12.0. The van der Waals surface area contributed by atoms with Gasteiger partial charge in [0.25, 0.3) is 0 Å². The van der Waals surface area contributed by atoms with Gasteiger partial charge < -0.3 is 9.84 Å². The van der Waals surface area contributed by atoms with E-state index >= 15 is 0 Å². The summed E-state index contributed by atoms with van der Waals surface area (Å²) in [5.41, 5.74) is 3.80. The molecule has 0 heterocycles. The first-order valence-corrected chi connectivity index (χ1v) is 9.10. The van der Waals surface area contributed by atoms with Crippen molar-refractivity contribution in [2.75, 3.05) is 7.11 Å². The summed E-state index contributed by atoms with van der Waals surface area (Å²) in [5, 5.41) is 10.3. The lowest BCUT2D eigenvalue weighted by Crippen LogP contribution is -2.22. The smallest absolute Gasteiger partial charge is 0.161 e. The summed E-state index contributed by atoms with van der Waals surface area (Å²) in [6, 6.07) is 13.6. The third-order valence-electron chi connectivity index (χ3n) is 4.75. The quantitative estimate of drug-likeness (QED) is 0.503. The maximum Gasteiger partial charge on any atom is 0.161 e. The van der Waals surface area contributed by atoms with Gasteiger partial charge in [-0.3, -0.25) is 0 Å². The molecule has 0 aromatic heterocycles. The van der Waals surface area contributed by atoms with E-state index in [1.807, 2.05) is 6.07 Å². The Morgan fingerprint density at radius 3 is 2.32 bits per heavy atom. The van der Waals surface area contributed by atoms with Crippen molar-refractivity contribution in [1.29, 1.82) is 0 Å². The molecule has 0 bridgehead atoms. The van der Waals surface area contributed by atoms with Crippen LogP contribution in [0.4, 0.5) is 4.39 Å². The van der Waals surface area contributed by atoms with E-state index in [0.717, 1.165) is 17.5 Å². The predicted octanol–water partition coefficient (Wildman–Crippen LogP) is 5.16. The maximum absolute atomic E-state index is 13.8. The fourth-order valence-electron chi connectivity index (χ4n) is 3.08. The van der Waals surface area contributed by atoms with Crippen molar-refractivity contribution in [2.24, 2.45) is 0 Å². The number of aryl methyl sites for hydroxylation is 2. The standard InChI is InChI=1S/C22H29FO2/c1-4-5-6-7-17-10-12-19(13-11-17)20(22(24)25-3)14-18-9-8-16(2)21(23)15-18/h8-13,15,20,22,24H,4-7,14H2,1-3H3. The molecule has 0 radical (unpaired) electrons. The highest BCUT2D eigenvalue weighted by Crippen LogP contribution is 2.26. The van der Waals surface area contributed by atoms with E-state index in [4.69, 9.17) is 4.74 Å². The Balaban J connectivity index is 2.14. The van der Waals surface area contributed by atoms with Gasteiger partial charge in [0.2, 0.25) is 0 Å². The number of rotatable bonds is 9. The zero-order valence-corrected chi connectivity index (χ0v) is 15.5. The van der Waals surface area contributed by atoms with Gasteiger partial charge in [-0.25, -0.2) is 4.39 Å². The number of aliphatic hydroxyl groups is 1. The van der Waals surface area contributed by atoms with Crippen molar-refractivity contribution in [3.8, 4) is 0 Å². The SMILES string of the molecule is CCCCCc1ccc(C(Cc2ccc(C)c(F)c2)C(O)OC)cc1. The Kier molecular flexibility index (Phi) is 7.60. The highest BCUT2D eigenvalue weighted by Gasteiger charge is 2.22. The van der Waals surface area contributed by atoms with Crippen LogP contribution in [0.2, 0.25) is 0 Å². The molecule has 2 unspecified atom stereocenters. The average molecular weight is 344 g/mol. The third-order valence-corrected chi connectivity index (χ3v) is 4.75. The minimum Gasteiger partial charge on any atom is -0.367 e. The largest absolute Gasteiger partial charge is 0.367 e. The number of hydrogen-bond donors (Lipinski definition) is 1. The van der Waals surface area contributed by atoms with Gasteiger partial charge in [0.05, 0.1) is 0 Å². The van der Waals surface area contributed by atoms with E-state index in [1.165, 1.54) is 31.9 Å². The van der Waals surface area contributed by atoms with Gasteiger partial charge in [-0.1, -0.05) is 56.2 Å². The van der Waals surface area contributed by atoms with E-state index in [9.17, 15) is 9.50 Å². The molecule has 0 fully saturated rings. The first kappa shape index (κ1) is 19.6. The van der Waals surface area contributed by atoms with Gasteiger partial charge in [-0.05, 0) is 54.5 Å². The fraction of sp³-hybridized carbons (Fsp3) is 0.455. The number of halogens is 1. The molecule has 0 aliphatic rings. The van der Waals surface area contributed by atoms with Gasteiger partial charge in [0, 0.05) is 13.0 Å². The summed E-state index contributed by atoms with van der Waals surface area (Å²) in [4.78, 5) is 0. The molecule has 136 valence electrons. The van der Waals surface area contributed by atoms with Crippen molar-refractivity contribution in [3.63, 3.8) is 0 Å². The monoisotopic (exact) mass is 344 g/mol. The van der Waals surface area contributed by atoms with Crippen LogP contribution >= 0.6 is 0 Å². The molecule has 2 atom stereocenters. The van der Waals surface area contributed by atoms with Gasteiger partial charge in [0.15, 0.2) is 6.29 Å². The predicted molar refractivity (Wildman–Crippen MR) is 100 cm³/mol. The van der Waals surface area contributed by atoms with Crippen LogP contribution < -0.4 is 0 Å². The highest BCUT2D eigenvalue weighted by molar-refractivity contribution is 5.30. The molecule has 0 spiro atoms. The van der Waals surface area contributed by atoms with Crippen LogP contribution in [0, 0.1) is 12.7 Å². The van der Waals surface area contributed by atoms with Crippen molar-refractivity contribution in [1.82, 2.24) is 0 Å². The van der Waals surface area contributed by atoms with Crippen molar-refractivity contribution < 1.29 is 14.2 Å². The van der Waals surface area contributed by atoms with Crippen molar-refractivity contribution in [3.05, 3.63) is 70.5 Å². The molecule has 2 aromatic carbocycles. The van der Waals surface area contributed by atoms with Crippen LogP contribution in [-0.2, 0) is 17.6 Å². The summed E-state index contributed by atoms with van der Waals surface area (Å²) in [6.45, 7) is 3.95.